The maximum atomic E-state index is 13.0. The van der Waals surface area contributed by atoms with Crippen molar-refractivity contribution in [2.75, 3.05) is 0 Å². The van der Waals surface area contributed by atoms with Crippen molar-refractivity contribution in [2.45, 2.75) is 64.1 Å². The minimum Gasteiger partial charge on any atom is -0.457 e. The van der Waals surface area contributed by atoms with Crippen molar-refractivity contribution < 1.29 is 60.8 Å². The van der Waals surface area contributed by atoms with E-state index in [1.54, 1.807) is 27.7 Å². The van der Waals surface area contributed by atoms with Crippen LogP contribution in [0.15, 0.2) is 95.2 Å². The maximum absolute atomic E-state index is 13.0. The van der Waals surface area contributed by atoms with E-state index in [2.05, 4.69) is 10.3 Å². The van der Waals surface area contributed by atoms with Crippen molar-refractivity contribution in [3.05, 3.63) is 127 Å². The van der Waals surface area contributed by atoms with Crippen LogP contribution in [0, 0.1) is 20.2 Å². The minimum atomic E-state index is -4.58. The molecular weight excluding hydrogens is 746 g/mol. The first-order valence-electron chi connectivity index (χ1n) is 15.9. The number of hydrogen-bond acceptors (Lipinski definition) is 11. The van der Waals surface area contributed by atoms with Gasteiger partial charge < -0.3 is 24.6 Å². The number of nitrogens with zero attached hydrogens (tertiary/aromatic N) is 4. The number of halogens is 6. The summed E-state index contributed by atoms with van der Waals surface area (Å²) in [6.07, 6.45) is -9.75. The molecule has 19 heteroatoms. The highest BCUT2D eigenvalue weighted by atomic mass is 19.4. The van der Waals surface area contributed by atoms with E-state index in [4.69, 9.17) is 14.2 Å². The number of ether oxygens (including phenoxy) is 3. The van der Waals surface area contributed by atoms with Gasteiger partial charge in [0, 0.05) is 25.0 Å². The Morgan fingerprint density at radius 3 is 1.16 bits per heavy atom. The van der Waals surface area contributed by atoms with E-state index < -0.39 is 55.9 Å². The number of rotatable bonds is 14. The SMILES string of the molecule is CC(C)(CC(=NO)c1cc(Oc2ccc(C(F)(F)F)cc2)ccc1[N+](=O)[O-])OC(C)(C)CC(=NO)c1cc(Oc2ccc(C(F)(F)F)cc2)ccc1[N+](=O)[O-]. The molecule has 0 saturated heterocycles. The van der Waals surface area contributed by atoms with Crippen LogP contribution in [0.25, 0.3) is 0 Å². The first-order chi connectivity index (χ1) is 25.5. The molecule has 0 saturated carbocycles. The Balaban J connectivity index is 1.56. The average molecular weight is 779 g/mol. The third kappa shape index (κ3) is 10.9. The number of alkyl halides is 6. The van der Waals surface area contributed by atoms with E-state index in [9.17, 15) is 57.0 Å². The van der Waals surface area contributed by atoms with Gasteiger partial charge in [-0.1, -0.05) is 10.3 Å². The number of oxime groups is 2. The third-order valence-electron chi connectivity index (χ3n) is 7.77. The Kier molecular flexibility index (Phi) is 12.1. The van der Waals surface area contributed by atoms with E-state index >= 15 is 0 Å². The Labute approximate surface area is 308 Å². The summed E-state index contributed by atoms with van der Waals surface area (Å²) in [5.41, 5.74) is -6.36. The highest BCUT2D eigenvalue weighted by Gasteiger charge is 2.36. The van der Waals surface area contributed by atoms with Crippen LogP contribution in [0.5, 0.6) is 23.0 Å². The second-order valence-electron chi connectivity index (χ2n) is 13.2. The molecule has 0 spiro atoms. The topological polar surface area (TPSA) is 179 Å². The van der Waals surface area contributed by atoms with Crippen LogP contribution in [0.1, 0.15) is 62.8 Å². The van der Waals surface area contributed by atoms with Crippen molar-refractivity contribution in [3.63, 3.8) is 0 Å². The van der Waals surface area contributed by atoms with Gasteiger partial charge >= 0.3 is 12.4 Å². The van der Waals surface area contributed by atoms with Crippen LogP contribution in [0.4, 0.5) is 37.7 Å². The van der Waals surface area contributed by atoms with Gasteiger partial charge in [0.15, 0.2) is 0 Å². The second kappa shape index (κ2) is 16.0. The van der Waals surface area contributed by atoms with Crippen LogP contribution in [0.2, 0.25) is 0 Å². The van der Waals surface area contributed by atoms with E-state index in [0.717, 1.165) is 60.7 Å². The van der Waals surface area contributed by atoms with E-state index in [1.807, 2.05) is 0 Å². The molecule has 13 nitrogen and oxygen atoms in total. The summed E-state index contributed by atoms with van der Waals surface area (Å²) >= 11 is 0. The Hall–Kier alpha value is -6.24. The first-order valence-corrected chi connectivity index (χ1v) is 15.9. The number of nitro groups is 2. The lowest BCUT2D eigenvalue weighted by Gasteiger charge is -2.36. The van der Waals surface area contributed by atoms with Crippen molar-refractivity contribution in [3.8, 4) is 23.0 Å². The quantitative estimate of drug-likeness (QED) is 0.0414. The highest BCUT2D eigenvalue weighted by Crippen LogP contribution is 2.37. The van der Waals surface area contributed by atoms with Crippen molar-refractivity contribution in [1.29, 1.82) is 0 Å². The molecule has 55 heavy (non-hydrogen) atoms. The smallest absolute Gasteiger partial charge is 0.416 e. The molecule has 4 rings (SSSR count). The van der Waals surface area contributed by atoms with Gasteiger partial charge in [0.2, 0.25) is 0 Å². The molecule has 0 bridgehead atoms. The molecule has 0 unspecified atom stereocenters. The lowest BCUT2D eigenvalue weighted by molar-refractivity contribution is -0.385. The van der Waals surface area contributed by atoms with Gasteiger partial charge in [-0.3, -0.25) is 20.2 Å². The largest absolute Gasteiger partial charge is 0.457 e. The summed E-state index contributed by atoms with van der Waals surface area (Å²) in [5, 5.41) is 50.4. The standard InChI is InChI=1S/C36H32F6N4O9/c1-33(2,19-29(43-47)27-17-25(13-15-31(27)45(49)50)53-23-9-5-21(6-10-23)35(37,38)39)55-34(3,4)20-30(44-48)28-18-26(14-16-32(28)46(51)52)54-24-11-7-22(8-12-24)36(40,41)42/h5-18,47-48H,19-20H2,1-4H3. The predicted octanol–water partition coefficient (Wildman–Crippen LogP) is 10.5. The molecule has 292 valence electrons. The first kappa shape index (κ1) is 41.5. The van der Waals surface area contributed by atoms with Crippen molar-refractivity contribution >= 4 is 22.8 Å². The molecule has 0 heterocycles. The van der Waals surface area contributed by atoms with Gasteiger partial charge in [-0.05, 0) is 100 Å². The number of nitro benzene ring substituents is 2. The van der Waals surface area contributed by atoms with Crippen LogP contribution >= 0.6 is 0 Å². The molecule has 0 aliphatic rings. The monoisotopic (exact) mass is 778 g/mol. The Morgan fingerprint density at radius 2 is 0.891 bits per heavy atom. The molecule has 4 aromatic carbocycles. The summed E-state index contributed by atoms with van der Waals surface area (Å²) < 4.78 is 95.4. The fraction of sp³-hybridized carbons (Fsp3) is 0.278. The van der Waals surface area contributed by atoms with Gasteiger partial charge in [-0.25, -0.2) is 0 Å². The summed E-state index contributed by atoms with van der Waals surface area (Å²) in [6.45, 7) is 6.19. The van der Waals surface area contributed by atoms with Crippen molar-refractivity contribution in [2.24, 2.45) is 10.3 Å². The molecule has 0 aliphatic heterocycles. The summed E-state index contributed by atoms with van der Waals surface area (Å²) in [7, 11) is 0. The highest BCUT2D eigenvalue weighted by molar-refractivity contribution is 6.05. The second-order valence-corrected chi connectivity index (χ2v) is 13.2. The molecule has 2 N–H and O–H groups in total. The Bertz CT molecular complexity index is 1950. The molecular formula is C36H32F6N4O9. The summed E-state index contributed by atoms with van der Waals surface area (Å²) in [6, 6.07) is 14.3. The Morgan fingerprint density at radius 1 is 0.582 bits per heavy atom. The van der Waals surface area contributed by atoms with Gasteiger partial charge in [0.25, 0.3) is 11.4 Å². The molecule has 0 aromatic heterocycles. The normalized spacial score (nSPS) is 13.1. The minimum absolute atomic E-state index is 0.0148. The average Bonchev–Trinajstić information content (AvgIpc) is 3.08. The molecule has 0 aliphatic carbocycles. The lowest BCUT2D eigenvalue weighted by atomic mass is 9.91. The summed E-state index contributed by atoms with van der Waals surface area (Å²) in [4.78, 5) is 22.4. The number of benzene rings is 4. The van der Waals surface area contributed by atoms with Crippen molar-refractivity contribution in [1.82, 2.24) is 0 Å². The lowest BCUT2D eigenvalue weighted by Crippen LogP contribution is -2.40. The predicted molar refractivity (Wildman–Crippen MR) is 184 cm³/mol. The van der Waals surface area contributed by atoms with Gasteiger partial charge in [-0.15, -0.1) is 0 Å². The third-order valence-corrected chi connectivity index (χ3v) is 7.77. The number of hydrogen-bond donors (Lipinski definition) is 2. The fourth-order valence-electron chi connectivity index (χ4n) is 5.63. The van der Waals surface area contributed by atoms with Gasteiger partial charge in [0.1, 0.15) is 23.0 Å². The molecule has 4 aromatic rings. The van der Waals surface area contributed by atoms with Gasteiger partial charge in [0.05, 0.1) is 54.7 Å². The zero-order chi connectivity index (χ0) is 40.9. The molecule has 0 amide bonds. The zero-order valence-electron chi connectivity index (χ0n) is 29.3. The van der Waals surface area contributed by atoms with Crippen LogP contribution in [0.3, 0.4) is 0 Å². The van der Waals surface area contributed by atoms with Crippen LogP contribution in [-0.2, 0) is 17.1 Å². The molecule has 0 radical (unpaired) electrons. The van der Waals surface area contributed by atoms with Crippen LogP contribution in [-0.4, -0.2) is 42.9 Å². The summed E-state index contributed by atoms with van der Waals surface area (Å²) in [5.74, 6) is -0.0936. The van der Waals surface area contributed by atoms with E-state index in [-0.39, 0.29) is 58.4 Å². The van der Waals surface area contributed by atoms with E-state index in [1.165, 1.54) is 24.3 Å². The molecule has 0 atom stereocenters. The fourth-order valence-corrected chi connectivity index (χ4v) is 5.63. The van der Waals surface area contributed by atoms with E-state index in [0.29, 0.717) is 0 Å². The maximum Gasteiger partial charge on any atom is 0.416 e. The molecule has 0 fully saturated rings. The van der Waals surface area contributed by atoms with Crippen LogP contribution < -0.4 is 9.47 Å². The van der Waals surface area contributed by atoms with Gasteiger partial charge in [-0.2, -0.15) is 26.3 Å². The zero-order valence-corrected chi connectivity index (χ0v) is 29.3.